The standard InChI is InChI=1S/C20H27NO3/c1-13-12-21(19(23)24-20(2,3)4)8-7-15-9-14-5-6-17(22)10-16(14)11-18(13)15/h9,11,13H,5-8,10,12H2,1-4H3. The highest BCUT2D eigenvalue weighted by Gasteiger charge is 2.28. The summed E-state index contributed by atoms with van der Waals surface area (Å²) in [4.78, 5) is 26.0. The van der Waals surface area contributed by atoms with E-state index in [9.17, 15) is 9.59 Å². The second-order valence-corrected chi connectivity index (χ2v) is 8.11. The molecule has 1 aromatic carbocycles. The summed E-state index contributed by atoms with van der Waals surface area (Å²) in [5, 5.41) is 0. The number of benzene rings is 1. The molecule has 0 saturated heterocycles. The van der Waals surface area contributed by atoms with Crippen molar-refractivity contribution in [1.29, 1.82) is 0 Å². The Morgan fingerprint density at radius 3 is 2.58 bits per heavy atom. The number of carbonyl (C=O) groups is 2. The predicted octanol–water partition coefficient (Wildman–Crippen LogP) is 3.64. The molecule has 4 nitrogen and oxygen atoms in total. The number of nitrogens with zero attached hydrogens (tertiary/aromatic N) is 1. The lowest BCUT2D eigenvalue weighted by Gasteiger charge is -2.27. The van der Waals surface area contributed by atoms with Gasteiger partial charge >= 0.3 is 6.09 Å². The van der Waals surface area contributed by atoms with Gasteiger partial charge in [-0.25, -0.2) is 4.79 Å². The Morgan fingerprint density at radius 1 is 1.12 bits per heavy atom. The second kappa shape index (κ2) is 6.23. The van der Waals surface area contributed by atoms with Crippen LogP contribution in [0.2, 0.25) is 0 Å². The Morgan fingerprint density at radius 2 is 1.88 bits per heavy atom. The molecule has 1 aromatic rings. The minimum Gasteiger partial charge on any atom is -0.444 e. The van der Waals surface area contributed by atoms with Gasteiger partial charge in [0.1, 0.15) is 11.4 Å². The van der Waals surface area contributed by atoms with E-state index in [4.69, 9.17) is 4.74 Å². The zero-order valence-electron chi connectivity index (χ0n) is 15.1. The summed E-state index contributed by atoms with van der Waals surface area (Å²) < 4.78 is 5.54. The smallest absolute Gasteiger partial charge is 0.410 e. The van der Waals surface area contributed by atoms with Crippen LogP contribution in [0.1, 0.15) is 62.3 Å². The van der Waals surface area contributed by atoms with Crippen LogP contribution in [0.5, 0.6) is 0 Å². The number of ether oxygens (including phenoxy) is 1. The van der Waals surface area contributed by atoms with E-state index in [1.165, 1.54) is 22.3 Å². The molecule has 0 aromatic heterocycles. The Kier molecular flexibility index (Phi) is 4.41. The van der Waals surface area contributed by atoms with Gasteiger partial charge in [0.2, 0.25) is 0 Å². The van der Waals surface area contributed by atoms with Gasteiger partial charge in [-0.2, -0.15) is 0 Å². The van der Waals surface area contributed by atoms with Crippen LogP contribution in [-0.2, 0) is 28.8 Å². The molecular weight excluding hydrogens is 302 g/mol. The van der Waals surface area contributed by atoms with E-state index >= 15 is 0 Å². The molecule has 2 aliphatic rings. The first-order chi connectivity index (χ1) is 11.2. The van der Waals surface area contributed by atoms with Gasteiger partial charge in [0.05, 0.1) is 0 Å². The highest BCUT2D eigenvalue weighted by Crippen LogP contribution is 2.31. The molecular formula is C20H27NO3. The summed E-state index contributed by atoms with van der Waals surface area (Å²) in [6.07, 6.45) is 2.68. The molecule has 1 atom stereocenters. The van der Waals surface area contributed by atoms with Gasteiger partial charge in [0.25, 0.3) is 0 Å². The Labute approximate surface area is 144 Å². The van der Waals surface area contributed by atoms with E-state index < -0.39 is 5.60 Å². The van der Waals surface area contributed by atoms with Crippen LogP contribution in [0, 0.1) is 0 Å². The summed E-state index contributed by atoms with van der Waals surface area (Å²) in [5.74, 6) is 0.580. The van der Waals surface area contributed by atoms with Crippen molar-refractivity contribution in [2.24, 2.45) is 0 Å². The predicted molar refractivity (Wildman–Crippen MR) is 93.4 cm³/mol. The Balaban J connectivity index is 1.83. The fourth-order valence-electron chi connectivity index (χ4n) is 3.67. The van der Waals surface area contributed by atoms with Crippen LogP contribution in [0.25, 0.3) is 0 Å². The summed E-state index contributed by atoms with van der Waals surface area (Å²) in [6, 6.07) is 4.48. The second-order valence-electron chi connectivity index (χ2n) is 8.11. The fraction of sp³-hybridized carbons (Fsp3) is 0.600. The van der Waals surface area contributed by atoms with Crippen molar-refractivity contribution in [3.8, 4) is 0 Å². The maximum Gasteiger partial charge on any atom is 0.410 e. The van der Waals surface area contributed by atoms with Crippen LogP contribution in [-0.4, -0.2) is 35.5 Å². The fourth-order valence-corrected chi connectivity index (χ4v) is 3.67. The summed E-state index contributed by atoms with van der Waals surface area (Å²) >= 11 is 0. The van der Waals surface area contributed by atoms with Gasteiger partial charge in [0, 0.05) is 25.9 Å². The number of rotatable bonds is 0. The van der Waals surface area contributed by atoms with Crippen LogP contribution in [0.4, 0.5) is 4.79 Å². The lowest BCUT2D eigenvalue weighted by molar-refractivity contribution is -0.118. The number of hydrogen-bond acceptors (Lipinski definition) is 3. The molecule has 1 aliphatic carbocycles. The number of carbonyl (C=O) groups excluding carboxylic acids is 2. The van der Waals surface area contributed by atoms with Gasteiger partial charge in [-0.05, 0) is 61.8 Å². The van der Waals surface area contributed by atoms with Crippen LogP contribution in [0.15, 0.2) is 12.1 Å². The van der Waals surface area contributed by atoms with Crippen molar-refractivity contribution in [3.63, 3.8) is 0 Å². The first kappa shape index (κ1) is 17.0. The van der Waals surface area contributed by atoms with E-state index in [2.05, 4.69) is 19.1 Å². The molecule has 0 saturated carbocycles. The summed E-state index contributed by atoms with van der Waals surface area (Å²) in [5.41, 5.74) is 4.63. The Hall–Kier alpha value is -1.84. The third-order valence-corrected chi connectivity index (χ3v) is 4.85. The third-order valence-electron chi connectivity index (χ3n) is 4.85. The van der Waals surface area contributed by atoms with Crippen molar-refractivity contribution in [1.82, 2.24) is 4.90 Å². The molecule has 1 heterocycles. The molecule has 0 N–H and O–H groups in total. The quantitative estimate of drug-likeness (QED) is 0.730. The SMILES string of the molecule is CC1CN(C(=O)OC(C)(C)C)CCc2cc3c(cc21)CC(=O)CC3. The van der Waals surface area contributed by atoms with Crippen molar-refractivity contribution >= 4 is 11.9 Å². The van der Waals surface area contributed by atoms with Gasteiger partial charge in [0.15, 0.2) is 0 Å². The molecule has 1 unspecified atom stereocenters. The van der Waals surface area contributed by atoms with Crippen molar-refractivity contribution in [3.05, 3.63) is 34.4 Å². The van der Waals surface area contributed by atoms with Crippen LogP contribution >= 0.6 is 0 Å². The van der Waals surface area contributed by atoms with Crippen molar-refractivity contribution < 1.29 is 14.3 Å². The van der Waals surface area contributed by atoms with Crippen LogP contribution in [0.3, 0.4) is 0 Å². The number of ketones is 1. The number of amides is 1. The molecule has 0 radical (unpaired) electrons. The Bertz CT molecular complexity index is 672. The maximum absolute atomic E-state index is 12.4. The van der Waals surface area contributed by atoms with E-state index in [0.717, 1.165) is 12.8 Å². The van der Waals surface area contributed by atoms with E-state index in [1.54, 1.807) is 0 Å². The van der Waals surface area contributed by atoms with Gasteiger partial charge in [-0.3, -0.25) is 4.79 Å². The molecule has 130 valence electrons. The average Bonchev–Trinajstić information content (AvgIpc) is 2.63. The van der Waals surface area contributed by atoms with E-state index in [-0.39, 0.29) is 12.0 Å². The van der Waals surface area contributed by atoms with Crippen molar-refractivity contribution in [2.45, 2.75) is 64.9 Å². The first-order valence-electron chi connectivity index (χ1n) is 8.87. The number of hydrogen-bond donors (Lipinski definition) is 0. The normalized spacial score (nSPS) is 20.9. The van der Waals surface area contributed by atoms with Gasteiger partial charge in [-0.1, -0.05) is 19.1 Å². The summed E-state index contributed by atoms with van der Waals surface area (Å²) in [7, 11) is 0. The molecule has 0 spiro atoms. The lowest BCUT2D eigenvalue weighted by Crippen LogP contribution is -2.38. The molecule has 1 aliphatic heterocycles. The molecule has 0 bridgehead atoms. The third kappa shape index (κ3) is 3.63. The largest absolute Gasteiger partial charge is 0.444 e. The average molecular weight is 329 g/mol. The van der Waals surface area contributed by atoms with E-state index in [0.29, 0.717) is 31.7 Å². The number of aryl methyl sites for hydroxylation is 1. The van der Waals surface area contributed by atoms with Crippen LogP contribution < -0.4 is 0 Å². The molecule has 24 heavy (non-hydrogen) atoms. The first-order valence-corrected chi connectivity index (χ1v) is 8.87. The van der Waals surface area contributed by atoms with Crippen molar-refractivity contribution in [2.75, 3.05) is 13.1 Å². The maximum atomic E-state index is 12.4. The molecule has 3 rings (SSSR count). The highest BCUT2D eigenvalue weighted by atomic mass is 16.6. The van der Waals surface area contributed by atoms with Gasteiger partial charge < -0.3 is 9.64 Å². The monoisotopic (exact) mass is 329 g/mol. The number of Topliss-reactive ketones (excluding diaryl/α,β-unsaturated/α-hetero) is 1. The zero-order valence-corrected chi connectivity index (χ0v) is 15.1. The highest BCUT2D eigenvalue weighted by molar-refractivity contribution is 5.83. The minimum absolute atomic E-state index is 0.234. The van der Waals surface area contributed by atoms with Gasteiger partial charge in [-0.15, -0.1) is 0 Å². The lowest BCUT2D eigenvalue weighted by atomic mass is 9.84. The topological polar surface area (TPSA) is 46.6 Å². The number of fused-ring (bicyclic) bond motifs is 2. The summed E-state index contributed by atoms with van der Waals surface area (Å²) in [6.45, 7) is 9.18. The molecule has 4 heteroatoms. The molecule has 1 amide bonds. The van der Waals surface area contributed by atoms with E-state index in [1.807, 2.05) is 25.7 Å². The minimum atomic E-state index is -0.473. The zero-order chi connectivity index (χ0) is 17.5. The molecule has 0 fully saturated rings.